The Balaban J connectivity index is 2.78. The molecule has 0 fully saturated rings. The van der Waals surface area contributed by atoms with Crippen molar-refractivity contribution < 1.29 is 13.9 Å². The van der Waals surface area contributed by atoms with Gasteiger partial charge in [0, 0.05) is 11.5 Å². The lowest BCUT2D eigenvalue weighted by atomic mass is 10.2. The summed E-state index contributed by atoms with van der Waals surface area (Å²) in [4.78, 5) is 11.2. The van der Waals surface area contributed by atoms with Crippen molar-refractivity contribution in [2.75, 3.05) is 14.2 Å². The maximum absolute atomic E-state index is 11.2. The highest BCUT2D eigenvalue weighted by Gasteiger charge is 2.09. The topological polar surface area (TPSA) is 48.7 Å². The summed E-state index contributed by atoms with van der Waals surface area (Å²) in [5, 5.41) is 0.724. The van der Waals surface area contributed by atoms with Gasteiger partial charge in [-0.15, -0.1) is 0 Å². The number of ether oxygens (including phenoxy) is 2. The first kappa shape index (κ1) is 10.8. The van der Waals surface area contributed by atoms with Gasteiger partial charge in [0.25, 0.3) is 0 Å². The highest BCUT2D eigenvalue weighted by molar-refractivity contribution is 6.30. The fourth-order valence-electron chi connectivity index (χ4n) is 1.42. The van der Waals surface area contributed by atoms with Crippen LogP contribution in [0.5, 0.6) is 11.5 Å². The maximum atomic E-state index is 11.2. The van der Waals surface area contributed by atoms with Crippen molar-refractivity contribution in [1.29, 1.82) is 0 Å². The minimum absolute atomic E-state index is 0.0414. The summed E-state index contributed by atoms with van der Waals surface area (Å²) in [5.41, 5.74) is -0.159. The van der Waals surface area contributed by atoms with E-state index in [1.165, 1.54) is 20.3 Å². The van der Waals surface area contributed by atoms with Crippen LogP contribution in [0.2, 0.25) is 5.02 Å². The molecule has 0 aliphatic carbocycles. The zero-order chi connectivity index (χ0) is 11.7. The molecule has 0 atom stereocenters. The number of rotatable bonds is 2. The van der Waals surface area contributed by atoms with Crippen LogP contribution in [-0.4, -0.2) is 14.2 Å². The second kappa shape index (κ2) is 4.06. The predicted octanol–water partition coefficient (Wildman–Crippen LogP) is 2.46. The monoisotopic (exact) mass is 240 g/mol. The Kier molecular flexibility index (Phi) is 2.75. The zero-order valence-corrected chi connectivity index (χ0v) is 9.50. The molecule has 16 heavy (non-hydrogen) atoms. The molecule has 0 radical (unpaired) electrons. The van der Waals surface area contributed by atoms with Gasteiger partial charge in [-0.3, -0.25) is 0 Å². The van der Waals surface area contributed by atoms with Crippen LogP contribution in [0.25, 0.3) is 11.0 Å². The van der Waals surface area contributed by atoms with Crippen molar-refractivity contribution in [1.82, 2.24) is 0 Å². The van der Waals surface area contributed by atoms with Crippen molar-refractivity contribution in [2.24, 2.45) is 0 Å². The van der Waals surface area contributed by atoms with Crippen LogP contribution in [0.3, 0.4) is 0 Å². The molecular formula is C11H9ClO4. The molecule has 84 valence electrons. The lowest BCUT2D eigenvalue weighted by Gasteiger charge is -2.08. The van der Waals surface area contributed by atoms with Crippen LogP contribution >= 0.6 is 11.6 Å². The summed E-state index contributed by atoms with van der Waals surface area (Å²) in [6.07, 6.45) is 0. The number of hydrogen-bond acceptors (Lipinski definition) is 4. The Morgan fingerprint density at radius 2 is 1.75 bits per heavy atom. The standard InChI is InChI=1S/C11H9ClO4/c1-14-9-4-6-3-7(12)11(13)16-8(6)5-10(9)15-2/h3-5H,1-2H3. The van der Waals surface area contributed by atoms with E-state index in [2.05, 4.69) is 0 Å². The third-order valence-electron chi connectivity index (χ3n) is 2.20. The normalized spacial score (nSPS) is 10.4. The molecule has 1 aromatic carbocycles. The van der Waals surface area contributed by atoms with Crippen LogP contribution in [0.1, 0.15) is 0 Å². The second-order valence-corrected chi connectivity index (χ2v) is 3.53. The highest BCUT2D eigenvalue weighted by Crippen LogP contribution is 2.32. The van der Waals surface area contributed by atoms with E-state index < -0.39 is 5.63 Å². The van der Waals surface area contributed by atoms with E-state index in [-0.39, 0.29) is 5.02 Å². The van der Waals surface area contributed by atoms with Crippen molar-refractivity contribution in [3.05, 3.63) is 33.6 Å². The van der Waals surface area contributed by atoms with Gasteiger partial charge in [0.15, 0.2) is 11.5 Å². The van der Waals surface area contributed by atoms with Crippen LogP contribution < -0.4 is 15.1 Å². The molecule has 5 heteroatoms. The Bertz CT molecular complexity index is 588. The van der Waals surface area contributed by atoms with Crippen molar-refractivity contribution in [2.45, 2.75) is 0 Å². The number of benzene rings is 1. The minimum atomic E-state index is -0.568. The third kappa shape index (κ3) is 1.72. The SMILES string of the molecule is COc1cc2cc(Cl)c(=O)oc2cc1OC. The third-order valence-corrected chi connectivity index (χ3v) is 2.46. The van der Waals surface area contributed by atoms with Crippen molar-refractivity contribution >= 4 is 22.6 Å². The molecule has 2 rings (SSSR count). The Morgan fingerprint density at radius 3 is 2.38 bits per heavy atom. The largest absolute Gasteiger partial charge is 0.493 e. The molecule has 1 aromatic heterocycles. The van der Waals surface area contributed by atoms with E-state index in [0.29, 0.717) is 22.5 Å². The van der Waals surface area contributed by atoms with Gasteiger partial charge < -0.3 is 13.9 Å². The van der Waals surface area contributed by atoms with Gasteiger partial charge in [-0.2, -0.15) is 0 Å². The van der Waals surface area contributed by atoms with Gasteiger partial charge in [-0.1, -0.05) is 11.6 Å². The first-order chi connectivity index (χ1) is 7.65. The van der Waals surface area contributed by atoms with E-state index in [0.717, 1.165) is 0 Å². The second-order valence-electron chi connectivity index (χ2n) is 3.13. The Morgan fingerprint density at radius 1 is 1.12 bits per heavy atom. The van der Waals surface area contributed by atoms with Gasteiger partial charge >= 0.3 is 5.63 Å². The molecule has 0 amide bonds. The first-order valence-electron chi connectivity index (χ1n) is 4.51. The van der Waals surface area contributed by atoms with E-state index in [1.54, 1.807) is 12.1 Å². The van der Waals surface area contributed by atoms with E-state index in [1.807, 2.05) is 0 Å². The van der Waals surface area contributed by atoms with E-state index in [9.17, 15) is 4.79 Å². The number of fused-ring (bicyclic) bond motifs is 1. The summed E-state index contributed by atoms with van der Waals surface area (Å²) >= 11 is 5.68. The lowest BCUT2D eigenvalue weighted by Crippen LogP contribution is -1.99. The van der Waals surface area contributed by atoms with Gasteiger partial charge in [-0.25, -0.2) is 4.79 Å². The molecule has 0 saturated heterocycles. The number of halogens is 1. The Hall–Kier alpha value is -1.68. The van der Waals surface area contributed by atoms with Crippen molar-refractivity contribution in [3.8, 4) is 11.5 Å². The summed E-state index contributed by atoms with van der Waals surface area (Å²) in [7, 11) is 3.04. The summed E-state index contributed by atoms with van der Waals surface area (Å²) < 4.78 is 15.2. The molecule has 0 saturated carbocycles. The quantitative estimate of drug-likeness (QED) is 0.757. The van der Waals surface area contributed by atoms with Gasteiger partial charge in [0.1, 0.15) is 10.6 Å². The highest BCUT2D eigenvalue weighted by atomic mass is 35.5. The maximum Gasteiger partial charge on any atom is 0.355 e. The Labute approximate surface area is 96.3 Å². The fourth-order valence-corrected chi connectivity index (χ4v) is 1.58. The van der Waals surface area contributed by atoms with Crippen LogP contribution in [0.15, 0.2) is 27.4 Å². The molecule has 0 spiro atoms. The van der Waals surface area contributed by atoms with Crippen LogP contribution in [0, 0.1) is 0 Å². The summed E-state index contributed by atoms with van der Waals surface area (Å²) in [6.45, 7) is 0. The van der Waals surface area contributed by atoms with Crippen LogP contribution in [-0.2, 0) is 0 Å². The molecule has 0 unspecified atom stereocenters. The number of methoxy groups -OCH3 is 2. The van der Waals surface area contributed by atoms with Gasteiger partial charge in [-0.05, 0) is 12.1 Å². The number of hydrogen-bond donors (Lipinski definition) is 0. The summed E-state index contributed by atoms with van der Waals surface area (Å²) in [6, 6.07) is 4.82. The van der Waals surface area contributed by atoms with Gasteiger partial charge in [0.05, 0.1) is 14.2 Å². The van der Waals surface area contributed by atoms with Crippen LogP contribution in [0.4, 0.5) is 0 Å². The first-order valence-corrected chi connectivity index (χ1v) is 4.89. The fraction of sp³-hybridized carbons (Fsp3) is 0.182. The average Bonchev–Trinajstić information content (AvgIpc) is 2.29. The molecule has 0 N–H and O–H groups in total. The smallest absolute Gasteiger partial charge is 0.355 e. The predicted molar refractivity (Wildman–Crippen MR) is 60.6 cm³/mol. The van der Waals surface area contributed by atoms with E-state index >= 15 is 0 Å². The lowest BCUT2D eigenvalue weighted by molar-refractivity contribution is 0.355. The molecule has 2 aromatic rings. The molecule has 0 bridgehead atoms. The minimum Gasteiger partial charge on any atom is -0.493 e. The molecule has 0 aliphatic heterocycles. The summed E-state index contributed by atoms with van der Waals surface area (Å²) in [5.74, 6) is 1.06. The average molecular weight is 241 g/mol. The zero-order valence-electron chi connectivity index (χ0n) is 8.74. The molecule has 4 nitrogen and oxygen atoms in total. The molecular weight excluding hydrogens is 232 g/mol. The van der Waals surface area contributed by atoms with Crippen molar-refractivity contribution in [3.63, 3.8) is 0 Å². The molecule has 1 heterocycles. The van der Waals surface area contributed by atoms with Gasteiger partial charge in [0.2, 0.25) is 0 Å². The molecule has 0 aliphatic rings. The van der Waals surface area contributed by atoms with E-state index in [4.69, 9.17) is 25.5 Å².